The summed E-state index contributed by atoms with van der Waals surface area (Å²) in [6, 6.07) is 9.30. The molecule has 2 aromatic rings. The van der Waals surface area contributed by atoms with Gasteiger partial charge in [-0.3, -0.25) is 4.79 Å². The van der Waals surface area contributed by atoms with Crippen molar-refractivity contribution in [1.82, 2.24) is 9.97 Å². The molecule has 2 heterocycles. The van der Waals surface area contributed by atoms with E-state index < -0.39 is 0 Å². The zero-order valence-corrected chi connectivity index (χ0v) is 14.4. The number of rotatable bonds is 3. The second-order valence-electron chi connectivity index (χ2n) is 6.08. The molecule has 0 fully saturated rings. The van der Waals surface area contributed by atoms with Crippen LogP contribution in [-0.2, 0) is 0 Å². The molecule has 1 aliphatic heterocycles. The third-order valence-corrected chi connectivity index (χ3v) is 3.84. The topological polar surface area (TPSA) is 64.6 Å². The van der Waals surface area contributed by atoms with E-state index in [2.05, 4.69) is 15.3 Å². The maximum atomic E-state index is 13.0. The monoisotopic (exact) mass is 326 g/mol. The van der Waals surface area contributed by atoms with Gasteiger partial charge in [-0.2, -0.15) is 9.97 Å². The molecular weight excluding hydrogens is 304 g/mol. The Hall–Kier alpha value is -2.83. The van der Waals surface area contributed by atoms with Crippen LogP contribution in [0.1, 0.15) is 10.4 Å². The fourth-order valence-electron chi connectivity index (χ4n) is 2.65. The maximum Gasteiger partial charge on any atom is 0.258 e. The molecule has 0 bridgehead atoms. The number of hydrogen-bond acceptors (Lipinski definition) is 6. The average molecular weight is 326 g/mol. The van der Waals surface area contributed by atoms with Crippen molar-refractivity contribution in [2.24, 2.45) is 0 Å². The molecule has 7 nitrogen and oxygen atoms in total. The normalized spacial score (nSPS) is 13.1. The molecule has 0 spiro atoms. The second-order valence-corrected chi connectivity index (χ2v) is 6.08. The van der Waals surface area contributed by atoms with E-state index in [4.69, 9.17) is 0 Å². The van der Waals surface area contributed by atoms with E-state index in [-0.39, 0.29) is 5.91 Å². The van der Waals surface area contributed by atoms with Crippen LogP contribution in [0.25, 0.3) is 0 Å². The average Bonchev–Trinajstić information content (AvgIpc) is 2.60. The van der Waals surface area contributed by atoms with Crippen molar-refractivity contribution < 1.29 is 4.79 Å². The Morgan fingerprint density at radius 2 is 1.79 bits per heavy atom. The molecule has 0 atom stereocenters. The number of anilines is 4. The summed E-state index contributed by atoms with van der Waals surface area (Å²) in [5.41, 5.74) is 1.39. The first-order valence-electron chi connectivity index (χ1n) is 7.86. The molecule has 0 saturated carbocycles. The van der Waals surface area contributed by atoms with Crippen LogP contribution >= 0.6 is 0 Å². The standard InChI is InChI=1S/C17H22N6O/c1-21(2)15-13-14(19-17(20-15)22(3)4)18-10-11-23(13)16(24)12-8-6-5-7-9-12/h5-9H,10-11H2,1-4H3,(H,18,19,20). The highest BCUT2D eigenvalue weighted by atomic mass is 16.2. The van der Waals surface area contributed by atoms with Crippen molar-refractivity contribution in [2.45, 2.75) is 0 Å². The van der Waals surface area contributed by atoms with Crippen molar-refractivity contribution in [1.29, 1.82) is 0 Å². The summed E-state index contributed by atoms with van der Waals surface area (Å²) in [4.78, 5) is 27.7. The fraction of sp³-hybridized carbons (Fsp3) is 0.353. The molecule has 0 saturated heterocycles. The zero-order valence-electron chi connectivity index (χ0n) is 14.4. The summed E-state index contributed by atoms with van der Waals surface area (Å²) >= 11 is 0. The highest BCUT2D eigenvalue weighted by Gasteiger charge is 2.30. The molecule has 24 heavy (non-hydrogen) atoms. The summed E-state index contributed by atoms with van der Waals surface area (Å²) in [6.45, 7) is 1.23. The predicted molar refractivity (Wildman–Crippen MR) is 97.3 cm³/mol. The lowest BCUT2D eigenvalue weighted by molar-refractivity contribution is 0.0987. The van der Waals surface area contributed by atoms with Crippen LogP contribution in [0, 0.1) is 0 Å². The van der Waals surface area contributed by atoms with E-state index in [0.717, 1.165) is 11.5 Å². The van der Waals surface area contributed by atoms with E-state index in [0.29, 0.717) is 30.4 Å². The van der Waals surface area contributed by atoms with E-state index in [9.17, 15) is 4.79 Å². The van der Waals surface area contributed by atoms with Gasteiger partial charge in [-0.05, 0) is 12.1 Å². The Morgan fingerprint density at radius 3 is 2.42 bits per heavy atom. The Kier molecular flexibility index (Phi) is 4.24. The summed E-state index contributed by atoms with van der Waals surface area (Å²) in [5, 5.41) is 3.29. The third kappa shape index (κ3) is 2.84. The lowest BCUT2D eigenvalue weighted by atomic mass is 10.1. The Labute approximate surface area is 141 Å². The van der Waals surface area contributed by atoms with Crippen LogP contribution in [0.2, 0.25) is 0 Å². The molecule has 7 heteroatoms. The molecule has 0 aliphatic carbocycles. The van der Waals surface area contributed by atoms with Gasteiger partial charge in [0.1, 0.15) is 5.69 Å². The van der Waals surface area contributed by atoms with Crippen molar-refractivity contribution in [3.05, 3.63) is 35.9 Å². The number of amides is 1. The van der Waals surface area contributed by atoms with Gasteiger partial charge in [-0.1, -0.05) is 18.2 Å². The first kappa shape index (κ1) is 16.0. The molecule has 1 N–H and O–H groups in total. The van der Waals surface area contributed by atoms with Gasteiger partial charge < -0.3 is 20.0 Å². The lowest BCUT2D eigenvalue weighted by Crippen LogP contribution is -2.40. The van der Waals surface area contributed by atoms with Crippen LogP contribution < -0.4 is 20.0 Å². The van der Waals surface area contributed by atoms with Gasteiger partial charge in [0.25, 0.3) is 5.91 Å². The van der Waals surface area contributed by atoms with Gasteiger partial charge in [0.2, 0.25) is 5.95 Å². The van der Waals surface area contributed by atoms with Crippen molar-refractivity contribution in [3.8, 4) is 0 Å². The number of nitrogens with one attached hydrogen (secondary N) is 1. The van der Waals surface area contributed by atoms with Gasteiger partial charge in [0.15, 0.2) is 11.6 Å². The van der Waals surface area contributed by atoms with Gasteiger partial charge in [0.05, 0.1) is 0 Å². The van der Waals surface area contributed by atoms with E-state index in [1.165, 1.54) is 0 Å². The summed E-state index contributed by atoms with van der Waals surface area (Å²) in [5.74, 6) is 1.98. The minimum absolute atomic E-state index is 0.0392. The van der Waals surface area contributed by atoms with Crippen molar-refractivity contribution >= 4 is 29.2 Å². The molecule has 0 unspecified atom stereocenters. The quantitative estimate of drug-likeness (QED) is 0.926. The highest BCUT2D eigenvalue weighted by Crippen LogP contribution is 2.37. The first-order valence-corrected chi connectivity index (χ1v) is 7.86. The predicted octanol–water partition coefficient (Wildman–Crippen LogP) is 1.68. The van der Waals surface area contributed by atoms with Crippen molar-refractivity contribution in [3.63, 3.8) is 0 Å². The van der Waals surface area contributed by atoms with Crippen LogP contribution in [0.5, 0.6) is 0 Å². The Morgan fingerprint density at radius 1 is 1.08 bits per heavy atom. The van der Waals surface area contributed by atoms with Gasteiger partial charge in [0, 0.05) is 46.8 Å². The number of nitrogens with zero attached hydrogens (tertiary/aromatic N) is 5. The van der Waals surface area contributed by atoms with Crippen LogP contribution in [-0.4, -0.2) is 57.2 Å². The summed E-state index contributed by atoms with van der Waals surface area (Å²) < 4.78 is 0. The van der Waals surface area contributed by atoms with Gasteiger partial charge in [-0.25, -0.2) is 0 Å². The largest absolute Gasteiger partial charge is 0.366 e. The highest BCUT2D eigenvalue weighted by molar-refractivity contribution is 6.10. The third-order valence-electron chi connectivity index (χ3n) is 3.84. The smallest absolute Gasteiger partial charge is 0.258 e. The number of carbonyl (C=O) groups is 1. The number of aromatic nitrogens is 2. The summed E-state index contributed by atoms with van der Waals surface area (Å²) in [6.07, 6.45) is 0. The Bertz CT molecular complexity index is 744. The minimum Gasteiger partial charge on any atom is -0.366 e. The molecule has 1 amide bonds. The van der Waals surface area contributed by atoms with Gasteiger partial charge >= 0.3 is 0 Å². The second kappa shape index (κ2) is 6.35. The molecule has 1 aromatic carbocycles. The number of benzene rings is 1. The zero-order chi connectivity index (χ0) is 17.3. The molecular formula is C17H22N6O. The SMILES string of the molecule is CN(C)c1nc2c(c(N(C)C)n1)N(C(=O)c1ccccc1)CCN2. The summed E-state index contributed by atoms with van der Waals surface area (Å²) in [7, 11) is 7.64. The van der Waals surface area contributed by atoms with Crippen molar-refractivity contribution in [2.75, 3.05) is 61.3 Å². The molecule has 1 aliphatic rings. The Balaban J connectivity index is 2.11. The first-order chi connectivity index (χ1) is 11.5. The lowest BCUT2D eigenvalue weighted by Gasteiger charge is -2.33. The number of fused-ring (bicyclic) bond motifs is 1. The fourth-order valence-corrected chi connectivity index (χ4v) is 2.65. The van der Waals surface area contributed by atoms with E-state index in [1.807, 2.05) is 68.3 Å². The van der Waals surface area contributed by atoms with Crippen LogP contribution in [0.3, 0.4) is 0 Å². The van der Waals surface area contributed by atoms with Crippen LogP contribution in [0.15, 0.2) is 30.3 Å². The van der Waals surface area contributed by atoms with Crippen LogP contribution in [0.4, 0.5) is 23.3 Å². The van der Waals surface area contributed by atoms with Gasteiger partial charge in [-0.15, -0.1) is 0 Å². The van der Waals surface area contributed by atoms with E-state index in [1.54, 1.807) is 4.90 Å². The molecule has 3 rings (SSSR count). The number of carbonyl (C=O) groups excluding carboxylic acids is 1. The molecule has 1 aromatic heterocycles. The van der Waals surface area contributed by atoms with E-state index >= 15 is 0 Å². The molecule has 0 radical (unpaired) electrons. The maximum absolute atomic E-state index is 13.0. The minimum atomic E-state index is -0.0392. The number of hydrogen-bond donors (Lipinski definition) is 1. The molecule has 126 valence electrons.